The molecule has 0 aliphatic rings. The highest BCUT2D eigenvalue weighted by atomic mass is 35.5. The fourth-order valence-electron chi connectivity index (χ4n) is 1.32. The average molecular weight is 254 g/mol. The van der Waals surface area contributed by atoms with Crippen LogP contribution in [0.4, 0.5) is 0 Å². The first-order valence-corrected chi connectivity index (χ1v) is 5.47. The highest BCUT2D eigenvalue weighted by Crippen LogP contribution is 2.16. The molecule has 0 unspecified atom stereocenters. The number of nitrogens with zero attached hydrogens (tertiary/aromatic N) is 3. The first-order valence-electron chi connectivity index (χ1n) is 5.09. The van der Waals surface area contributed by atoms with Crippen LogP contribution in [0.1, 0.15) is 31.3 Å². The normalized spacial score (nSPS) is 11.8. The molecule has 2 heterocycles. The summed E-state index contributed by atoms with van der Waals surface area (Å²) in [5.41, 5.74) is 0.111. The number of carbonyl (C=O) groups excluding carboxylic acids is 1. The first kappa shape index (κ1) is 11.9. The monoisotopic (exact) mass is 253 g/mol. The molecule has 2 aromatic heterocycles. The number of rotatable bonds is 1. The van der Waals surface area contributed by atoms with E-state index in [-0.39, 0.29) is 10.8 Å². The molecule has 0 saturated heterocycles. The average Bonchev–Trinajstić information content (AvgIpc) is 2.60. The maximum Gasteiger partial charge on any atom is 0.359 e. The van der Waals surface area contributed by atoms with E-state index in [1.165, 1.54) is 6.20 Å². The van der Waals surface area contributed by atoms with Gasteiger partial charge in [-0.1, -0.05) is 11.6 Å². The van der Waals surface area contributed by atoms with Gasteiger partial charge in [-0.25, -0.2) is 14.8 Å². The number of hydrogen-bond acceptors (Lipinski definition) is 4. The number of imidazole rings is 1. The maximum absolute atomic E-state index is 11.8. The Morgan fingerprint density at radius 2 is 2.18 bits per heavy atom. The Morgan fingerprint density at radius 3 is 2.76 bits per heavy atom. The van der Waals surface area contributed by atoms with E-state index in [0.29, 0.717) is 5.65 Å². The number of aromatic nitrogens is 3. The van der Waals surface area contributed by atoms with Gasteiger partial charge < -0.3 is 9.14 Å². The summed E-state index contributed by atoms with van der Waals surface area (Å²) < 4.78 is 6.85. The lowest BCUT2D eigenvalue weighted by atomic mass is 10.2. The molecule has 0 fully saturated rings. The molecule has 0 spiro atoms. The maximum atomic E-state index is 11.8. The summed E-state index contributed by atoms with van der Waals surface area (Å²) in [5, 5.41) is 0.252. The van der Waals surface area contributed by atoms with Crippen molar-refractivity contribution in [2.24, 2.45) is 0 Å². The van der Waals surface area contributed by atoms with Crippen molar-refractivity contribution in [2.75, 3.05) is 0 Å². The van der Waals surface area contributed by atoms with Crippen molar-refractivity contribution in [2.45, 2.75) is 26.4 Å². The summed E-state index contributed by atoms with van der Waals surface area (Å²) in [7, 11) is 0. The summed E-state index contributed by atoms with van der Waals surface area (Å²) in [6.07, 6.45) is 4.77. The Bertz CT molecular complexity index is 572. The first-order chi connectivity index (χ1) is 7.87. The van der Waals surface area contributed by atoms with Crippen molar-refractivity contribution in [3.05, 3.63) is 29.4 Å². The minimum atomic E-state index is -0.547. The Balaban J connectivity index is 2.37. The van der Waals surface area contributed by atoms with Gasteiger partial charge in [0.05, 0.1) is 0 Å². The molecular formula is C11H12ClN3O2. The minimum Gasteiger partial charge on any atom is -0.455 e. The molecule has 0 radical (unpaired) electrons. The van der Waals surface area contributed by atoms with Crippen molar-refractivity contribution in [3.8, 4) is 0 Å². The number of hydrogen-bond donors (Lipinski definition) is 0. The zero-order valence-electron chi connectivity index (χ0n) is 9.77. The molecule has 0 aliphatic heterocycles. The summed E-state index contributed by atoms with van der Waals surface area (Å²) in [5.74, 6) is -0.475. The van der Waals surface area contributed by atoms with Crippen LogP contribution in [0.25, 0.3) is 5.65 Å². The van der Waals surface area contributed by atoms with Gasteiger partial charge >= 0.3 is 5.97 Å². The van der Waals surface area contributed by atoms with Crippen molar-refractivity contribution in [1.82, 2.24) is 14.4 Å². The number of esters is 1. The van der Waals surface area contributed by atoms with Crippen LogP contribution in [0.3, 0.4) is 0 Å². The van der Waals surface area contributed by atoms with Crippen molar-refractivity contribution in [1.29, 1.82) is 0 Å². The Morgan fingerprint density at radius 1 is 1.47 bits per heavy atom. The van der Waals surface area contributed by atoms with Gasteiger partial charge in [-0.15, -0.1) is 0 Å². The molecule has 2 aromatic rings. The second-order valence-electron chi connectivity index (χ2n) is 4.58. The molecule has 17 heavy (non-hydrogen) atoms. The van der Waals surface area contributed by atoms with Gasteiger partial charge in [-0.2, -0.15) is 0 Å². The zero-order valence-corrected chi connectivity index (χ0v) is 10.5. The quantitative estimate of drug-likeness (QED) is 0.732. The van der Waals surface area contributed by atoms with Crippen LogP contribution in [-0.4, -0.2) is 25.9 Å². The van der Waals surface area contributed by atoms with Gasteiger partial charge in [0.1, 0.15) is 5.60 Å². The summed E-state index contributed by atoms with van der Waals surface area (Å²) in [4.78, 5) is 19.8. The smallest absolute Gasteiger partial charge is 0.359 e. The predicted molar refractivity (Wildman–Crippen MR) is 63.2 cm³/mol. The largest absolute Gasteiger partial charge is 0.455 e. The fourth-order valence-corrected chi connectivity index (χ4v) is 1.51. The molecule has 90 valence electrons. The third-order valence-corrected chi connectivity index (χ3v) is 2.21. The van der Waals surface area contributed by atoms with Gasteiger partial charge in [0, 0.05) is 18.6 Å². The number of carbonyl (C=O) groups is 1. The summed E-state index contributed by atoms with van der Waals surface area (Å²) >= 11 is 5.86. The van der Waals surface area contributed by atoms with Crippen LogP contribution in [0.15, 0.2) is 18.6 Å². The predicted octanol–water partition coefficient (Wildman–Crippen LogP) is 2.34. The molecule has 6 heteroatoms. The van der Waals surface area contributed by atoms with E-state index in [0.717, 1.165) is 0 Å². The second kappa shape index (κ2) is 4.00. The topological polar surface area (TPSA) is 56.5 Å². The fraction of sp³-hybridized carbons (Fsp3) is 0.364. The molecule has 0 aromatic carbocycles. The molecule has 0 bridgehead atoms. The second-order valence-corrected chi connectivity index (χ2v) is 4.93. The third-order valence-electron chi connectivity index (χ3n) is 1.94. The SMILES string of the molecule is CC(C)(C)OC(=O)c1cn2ccnc(Cl)c2n1. The molecule has 0 saturated carbocycles. The van der Waals surface area contributed by atoms with Crippen LogP contribution in [0.5, 0.6) is 0 Å². The third kappa shape index (κ3) is 2.55. The van der Waals surface area contributed by atoms with Crippen molar-refractivity contribution < 1.29 is 9.53 Å². The van der Waals surface area contributed by atoms with Crippen LogP contribution in [0.2, 0.25) is 5.15 Å². The van der Waals surface area contributed by atoms with E-state index in [2.05, 4.69) is 9.97 Å². The summed E-state index contributed by atoms with van der Waals surface area (Å²) in [6.45, 7) is 5.40. The highest BCUT2D eigenvalue weighted by Gasteiger charge is 2.20. The van der Waals surface area contributed by atoms with Crippen LogP contribution >= 0.6 is 11.6 Å². The van der Waals surface area contributed by atoms with Gasteiger partial charge in [0.15, 0.2) is 16.5 Å². The molecule has 0 atom stereocenters. The molecule has 2 rings (SSSR count). The Hall–Kier alpha value is -1.62. The van der Waals surface area contributed by atoms with Crippen LogP contribution in [0, 0.1) is 0 Å². The van der Waals surface area contributed by atoms with E-state index in [9.17, 15) is 4.79 Å². The van der Waals surface area contributed by atoms with E-state index in [1.807, 2.05) is 0 Å². The Kier molecular flexibility index (Phi) is 2.79. The van der Waals surface area contributed by atoms with Gasteiger partial charge in [-0.3, -0.25) is 0 Å². The lowest BCUT2D eigenvalue weighted by Gasteiger charge is -2.18. The van der Waals surface area contributed by atoms with Crippen LogP contribution < -0.4 is 0 Å². The van der Waals surface area contributed by atoms with Crippen LogP contribution in [-0.2, 0) is 4.74 Å². The molecule has 0 N–H and O–H groups in total. The van der Waals surface area contributed by atoms with E-state index < -0.39 is 11.6 Å². The standard InChI is InChI=1S/C11H12ClN3O2/c1-11(2,3)17-10(16)7-6-15-5-4-13-8(12)9(15)14-7/h4-6H,1-3H3. The highest BCUT2D eigenvalue weighted by molar-refractivity contribution is 6.32. The number of fused-ring (bicyclic) bond motifs is 1. The summed E-state index contributed by atoms with van der Waals surface area (Å²) in [6, 6.07) is 0. The van der Waals surface area contributed by atoms with E-state index >= 15 is 0 Å². The van der Waals surface area contributed by atoms with E-state index in [1.54, 1.807) is 37.6 Å². The molecule has 0 aliphatic carbocycles. The van der Waals surface area contributed by atoms with Gasteiger partial charge in [-0.05, 0) is 20.8 Å². The molecule has 5 nitrogen and oxygen atoms in total. The Labute approximate surface area is 103 Å². The number of ether oxygens (including phenoxy) is 1. The van der Waals surface area contributed by atoms with Gasteiger partial charge in [0.25, 0.3) is 0 Å². The molecule has 0 amide bonds. The lowest BCUT2D eigenvalue weighted by Crippen LogP contribution is -2.24. The zero-order chi connectivity index (χ0) is 12.6. The van der Waals surface area contributed by atoms with Crippen molar-refractivity contribution >= 4 is 23.2 Å². The lowest BCUT2D eigenvalue weighted by molar-refractivity contribution is 0.00636. The van der Waals surface area contributed by atoms with Crippen molar-refractivity contribution in [3.63, 3.8) is 0 Å². The minimum absolute atomic E-state index is 0.217. The number of halogens is 1. The van der Waals surface area contributed by atoms with E-state index in [4.69, 9.17) is 16.3 Å². The molecular weight excluding hydrogens is 242 g/mol. The van der Waals surface area contributed by atoms with Gasteiger partial charge in [0.2, 0.25) is 0 Å².